The first-order chi connectivity index (χ1) is 12.2. The van der Waals surface area contributed by atoms with E-state index in [4.69, 9.17) is 20.9 Å². The molecule has 1 aliphatic heterocycles. The van der Waals surface area contributed by atoms with Crippen LogP contribution in [0, 0.1) is 0 Å². The highest BCUT2D eigenvalue weighted by molar-refractivity contribution is 6.30. The zero-order valence-electron chi connectivity index (χ0n) is 14.2. The van der Waals surface area contributed by atoms with Crippen LogP contribution >= 0.6 is 11.6 Å². The van der Waals surface area contributed by atoms with Crippen LogP contribution in [0.25, 0.3) is 11.4 Å². The topological polar surface area (TPSA) is 71.7 Å². The fourth-order valence-electron chi connectivity index (χ4n) is 2.66. The molecule has 1 aliphatic rings. The van der Waals surface area contributed by atoms with Gasteiger partial charge in [0.1, 0.15) is 6.61 Å². The van der Waals surface area contributed by atoms with Gasteiger partial charge in [0.2, 0.25) is 17.6 Å². The average Bonchev–Trinajstić information content (AvgIpc) is 3.09. The van der Waals surface area contributed by atoms with Crippen LogP contribution in [0.1, 0.15) is 12.8 Å². The zero-order chi connectivity index (χ0) is 17.6. The molecule has 0 spiro atoms. The third kappa shape index (κ3) is 4.78. The van der Waals surface area contributed by atoms with Crippen molar-refractivity contribution >= 4 is 17.5 Å². The summed E-state index contributed by atoms with van der Waals surface area (Å²) in [5, 5.41) is 4.69. The van der Waals surface area contributed by atoms with Crippen LogP contribution < -0.4 is 0 Å². The molecule has 1 aromatic carbocycles. The van der Waals surface area contributed by atoms with Crippen molar-refractivity contribution in [2.75, 3.05) is 39.4 Å². The minimum Gasteiger partial charge on any atom is -0.372 e. The second kappa shape index (κ2) is 8.42. The van der Waals surface area contributed by atoms with Gasteiger partial charge in [-0.15, -0.1) is 0 Å². The van der Waals surface area contributed by atoms with Crippen molar-refractivity contribution < 1.29 is 14.1 Å². The molecule has 0 unspecified atom stereocenters. The first kappa shape index (κ1) is 17.8. The van der Waals surface area contributed by atoms with Gasteiger partial charge in [-0.05, 0) is 31.2 Å². The number of carbonyl (C=O) groups is 1. The zero-order valence-corrected chi connectivity index (χ0v) is 14.9. The highest BCUT2D eigenvalue weighted by Crippen LogP contribution is 2.19. The fraction of sp³-hybridized carbons (Fsp3) is 0.471. The molecular formula is C17H21ClN4O3. The number of nitrogens with zero attached hydrogens (tertiary/aromatic N) is 4. The monoisotopic (exact) mass is 364 g/mol. The number of benzene rings is 1. The van der Waals surface area contributed by atoms with Gasteiger partial charge in [0.15, 0.2) is 0 Å². The molecule has 134 valence electrons. The van der Waals surface area contributed by atoms with Gasteiger partial charge in [0.05, 0.1) is 6.54 Å². The van der Waals surface area contributed by atoms with Gasteiger partial charge in [-0.2, -0.15) is 4.98 Å². The molecule has 0 radical (unpaired) electrons. The lowest BCUT2D eigenvalue weighted by atomic mass is 10.2. The number of carbonyl (C=O) groups excluding carboxylic acids is 1. The Morgan fingerprint density at radius 1 is 1.24 bits per heavy atom. The molecule has 1 aromatic heterocycles. The first-order valence-electron chi connectivity index (χ1n) is 8.32. The Labute approximate surface area is 151 Å². The summed E-state index contributed by atoms with van der Waals surface area (Å²) in [6.07, 6.45) is 0. The van der Waals surface area contributed by atoms with E-state index in [2.05, 4.69) is 15.0 Å². The predicted molar refractivity (Wildman–Crippen MR) is 93.1 cm³/mol. The number of halogens is 1. The molecule has 3 rings (SSSR count). The molecule has 8 heteroatoms. The maximum atomic E-state index is 11.9. The largest absolute Gasteiger partial charge is 0.372 e. The van der Waals surface area contributed by atoms with Crippen molar-refractivity contribution in [3.8, 4) is 11.4 Å². The van der Waals surface area contributed by atoms with E-state index in [1.807, 2.05) is 24.0 Å². The SMILES string of the molecule is CCOCC(=O)N1CCN(Cc2nc(-c3ccc(Cl)cc3)no2)CC1. The van der Waals surface area contributed by atoms with Gasteiger partial charge in [0.25, 0.3) is 0 Å². The summed E-state index contributed by atoms with van der Waals surface area (Å²) in [5.74, 6) is 1.17. The quantitative estimate of drug-likeness (QED) is 0.781. The summed E-state index contributed by atoms with van der Waals surface area (Å²) < 4.78 is 10.5. The first-order valence-corrected chi connectivity index (χ1v) is 8.70. The Kier molecular flexibility index (Phi) is 6.01. The average molecular weight is 365 g/mol. The molecule has 1 saturated heterocycles. The fourth-order valence-corrected chi connectivity index (χ4v) is 2.79. The molecule has 0 atom stereocenters. The maximum absolute atomic E-state index is 11.9. The molecule has 0 bridgehead atoms. The second-order valence-corrected chi connectivity index (χ2v) is 6.25. The number of hydrogen-bond acceptors (Lipinski definition) is 6. The second-order valence-electron chi connectivity index (χ2n) is 5.81. The van der Waals surface area contributed by atoms with Gasteiger partial charge in [-0.25, -0.2) is 0 Å². The van der Waals surface area contributed by atoms with Crippen LogP contribution in [0.2, 0.25) is 5.02 Å². The number of rotatable bonds is 6. The summed E-state index contributed by atoms with van der Waals surface area (Å²) in [7, 11) is 0. The van der Waals surface area contributed by atoms with Gasteiger partial charge in [0, 0.05) is 43.4 Å². The maximum Gasteiger partial charge on any atom is 0.248 e. The highest BCUT2D eigenvalue weighted by atomic mass is 35.5. The van der Waals surface area contributed by atoms with Gasteiger partial charge >= 0.3 is 0 Å². The number of ether oxygens (including phenoxy) is 1. The van der Waals surface area contributed by atoms with Crippen LogP contribution in [-0.4, -0.2) is 65.2 Å². The minimum atomic E-state index is 0.0457. The van der Waals surface area contributed by atoms with Crippen molar-refractivity contribution in [3.63, 3.8) is 0 Å². The summed E-state index contributed by atoms with van der Waals surface area (Å²) in [5.41, 5.74) is 0.866. The summed E-state index contributed by atoms with van der Waals surface area (Å²) in [6, 6.07) is 7.32. The van der Waals surface area contributed by atoms with Crippen LogP contribution in [0.4, 0.5) is 0 Å². The molecule has 2 aromatic rings. The van der Waals surface area contributed by atoms with E-state index in [0.717, 1.165) is 18.7 Å². The van der Waals surface area contributed by atoms with Crippen LogP contribution in [0.15, 0.2) is 28.8 Å². The number of piperazine rings is 1. The normalized spacial score (nSPS) is 15.5. The Bertz CT molecular complexity index is 696. The Morgan fingerprint density at radius 3 is 2.64 bits per heavy atom. The molecule has 0 saturated carbocycles. The summed E-state index contributed by atoms with van der Waals surface area (Å²) in [6.45, 7) is 6.09. The van der Waals surface area contributed by atoms with Gasteiger partial charge < -0.3 is 14.2 Å². The lowest BCUT2D eigenvalue weighted by molar-refractivity contribution is -0.137. The summed E-state index contributed by atoms with van der Waals surface area (Å²) in [4.78, 5) is 20.4. The van der Waals surface area contributed by atoms with Crippen molar-refractivity contribution in [1.82, 2.24) is 19.9 Å². The van der Waals surface area contributed by atoms with Gasteiger partial charge in [-0.3, -0.25) is 9.69 Å². The molecule has 1 fully saturated rings. The number of aromatic nitrogens is 2. The number of amides is 1. The van der Waals surface area contributed by atoms with E-state index in [9.17, 15) is 4.79 Å². The van der Waals surface area contributed by atoms with E-state index >= 15 is 0 Å². The van der Waals surface area contributed by atoms with Gasteiger partial charge in [-0.1, -0.05) is 16.8 Å². The predicted octanol–water partition coefficient (Wildman–Crippen LogP) is 2.07. The molecule has 7 nitrogen and oxygen atoms in total. The minimum absolute atomic E-state index is 0.0457. The van der Waals surface area contributed by atoms with E-state index in [1.54, 1.807) is 12.1 Å². The molecule has 1 amide bonds. The smallest absolute Gasteiger partial charge is 0.248 e. The van der Waals surface area contributed by atoms with E-state index in [1.165, 1.54) is 0 Å². The Hall–Kier alpha value is -1.96. The molecule has 2 heterocycles. The standard InChI is InChI=1S/C17H21ClN4O3/c1-2-24-12-16(23)22-9-7-21(8-10-22)11-15-19-17(20-25-15)13-3-5-14(18)6-4-13/h3-6H,2,7-12H2,1H3. The van der Waals surface area contributed by atoms with Crippen LogP contribution in [-0.2, 0) is 16.1 Å². The number of hydrogen-bond donors (Lipinski definition) is 0. The molecule has 25 heavy (non-hydrogen) atoms. The van der Waals surface area contributed by atoms with E-state index in [-0.39, 0.29) is 12.5 Å². The van der Waals surface area contributed by atoms with Crippen LogP contribution in [0.5, 0.6) is 0 Å². The Morgan fingerprint density at radius 2 is 1.96 bits per heavy atom. The lowest BCUT2D eigenvalue weighted by Gasteiger charge is -2.33. The lowest BCUT2D eigenvalue weighted by Crippen LogP contribution is -2.49. The molecule has 0 N–H and O–H groups in total. The highest BCUT2D eigenvalue weighted by Gasteiger charge is 2.22. The van der Waals surface area contributed by atoms with Crippen molar-refractivity contribution in [2.24, 2.45) is 0 Å². The van der Waals surface area contributed by atoms with E-state index in [0.29, 0.717) is 43.0 Å². The van der Waals surface area contributed by atoms with E-state index < -0.39 is 0 Å². The summed E-state index contributed by atoms with van der Waals surface area (Å²) >= 11 is 5.89. The van der Waals surface area contributed by atoms with Crippen molar-refractivity contribution in [1.29, 1.82) is 0 Å². The van der Waals surface area contributed by atoms with Crippen molar-refractivity contribution in [2.45, 2.75) is 13.5 Å². The third-order valence-electron chi connectivity index (χ3n) is 4.08. The third-order valence-corrected chi connectivity index (χ3v) is 4.34. The van der Waals surface area contributed by atoms with Crippen molar-refractivity contribution in [3.05, 3.63) is 35.2 Å². The molecule has 0 aliphatic carbocycles. The Balaban J connectivity index is 1.51. The van der Waals surface area contributed by atoms with Crippen LogP contribution in [0.3, 0.4) is 0 Å². The molecular weight excluding hydrogens is 344 g/mol.